The zero-order chi connectivity index (χ0) is 9.14. The maximum atomic E-state index is 5.70. The number of nitrogen functional groups attached to an aromatic ring is 1. The van der Waals surface area contributed by atoms with E-state index in [1.54, 1.807) is 0 Å². The molecule has 1 heterocycles. The number of nitrogens with two attached hydrogens (primary N) is 2. The van der Waals surface area contributed by atoms with Gasteiger partial charge < -0.3 is 5.73 Å². The molecule has 0 bridgehead atoms. The van der Waals surface area contributed by atoms with Gasteiger partial charge in [-0.1, -0.05) is 0 Å². The fourth-order valence-electron chi connectivity index (χ4n) is 0.794. The van der Waals surface area contributed by atoms with Crippen molar-refractivity contribution >= 4 is 11.5 Å². The second-order valence-corrected chi connectivity index (χ2v) is 2.80. The van der Waals surface area contributed by atoms with E-state index in [1.165, 1.54) is 17.5 Å². The molecule has 66 valence electrons. The van der Waals surface area contributed by atoms with Gasteiger partial charge in [0.2, 0.25) is 0 Å². The van der Waals surface area contributed by atoms with Crippen LogP contribution in [0.3, 0.4) is 0 Å². The summed E-state index contributed by atoms with van der Waals surface area (Å²) in [6, 6.07) is 0.169. The second-order valence-electron chi connectivity index (χ2n) is 2.80. The molecule has 5 heteroatoms. The lowest BCUT2D eigenvalue weighted by molar-refractivity contribution is 0.700. The van der Waals surface area contributed by atoms with E-state index in [2.05, 4.69) is 9.97 Å². The summed E-state index contributed by atoms with van der Waals surface area (Å²) >= 11 is 0. The highest BCUT2D eigenvalue weighted by atomic mass is 15.4. The number of hydrogen-bond acceptors (Lipinski definition) is 5. The first kappa shape index (κ1) is 8.73. The Kier molecular flexibility index (Phi) is 2.44. The molecule has 1 rings (SSSR count). The van der Waals surface area contributed by atoms with Crippen LogP contribution >= 0.6 is 0 Å². The van der Waals surface area contributed by atoms with Gasteiger partial charge in [-0.25, -0.2) is 15.8 Å². The number of nitrogens with zero attached hydrogens (tertiary/aromatic N) is 3. The van der Waals surface area contributed by atoms with Crippen molar-refractivity contribution in [2.24, 2.45) is 5.84 Å². The van der Waals surface area contributed by atoms with Crippen molar-refractivity contribution in [2.45, 2.75) is 19.9 Å². The maximum Gasteiger partial charge on any atom is 0.169 e. The molecule has 1 aromatic rings. The molecule has 0 aromatic carbocycles. The maximum absolute atomic E-state index is 5.70. The molecular formula is C7H13N5. The summed E-state index contributed by atoms with van der Waals surface area (Å²) in [6.07, 6.45) is 2.96. The predicted octanol–water partition coefficient (Wildman–Crippen LogP) is 0.147. The SMILES string of the molecule is CC(C)N(N)c1ncncc1N. The van der Waals surface area contributed by atoms with E-state index >= 15 is 0 Å². The van der Waals surface area contributed by atoms with Crippen molar-refractivity contribution < 1.29 is 0 Å². The van der Waals surface area contributed by atoms with Crippen LogP contribution in [0.2, 0.25) is 0 Å². The van der Waals surface area contributed by atoms with Gasteiger partial charge in [0.15, 0.2) is 5.82 Å². The summed E-state index contributed by atoms with van der Waals surface area (Å²) in [7, 11) is 0. The van der Waals surface area contributed by atoms with Crippen LogP contribution in [0.1, 0.15) is 13.8 Å². The Labute approximate surface area is 71.4 Å². The molecule has 0 saturated carbocycles. The van der Waals surface area contributed by atoms with Crippen molar-refractivity contribution in [3.05, 3.63) is 12.5 Å². The Balaban J connectivity index is 2.94. The number of hydrogen-bond donors (Lipinski definition) is 2. The summed E-state index contributed by atoms with van der Waals surface area (Å²) in [5, 5.41) is 1.51. The molecule has 12 heavy (non-hydrogen) atoms. The molecule has 0 radical (unpaired) electrons. The molecule has 0 saturated heterocycles. The van der Waals surface area contributed by atoms with Crippen LogP contribution < -0.4 is 16.6 Å². The molecule has 4 N–H and O–H groups in total. The van der Waals surface area contributed by atoms with E-state index in [9.17, 15) is 0 Å². The first-order valence-corrected chi connectivity index (χ1v) is 3.72. The smallest absolute Gasteiger partial charge is 0.169 e. The van der Waals surface area contributed by atoms with E-state index in [-0.39, 0.29) is 6.04 Å². The summed E-state index contributed by atoms with van der Waals surface area (Å²) < 4.78 is 0. The van der Waals surface area contributed by atoms with E-state index < -0.39 is 0 Å². The van der Waals surface area contributed by atoms with Crippen LogP contribution in [-0.2, 0) is 0 Å². The van der Waals surface area contributed by atoms with Gasteiger partial charge in [-0.15, -0.1) is 0 Å². The van der Waals surface area contributed by atoms with Crippen LogP contribution in [0, 0.1) is 0 Å². The Morgan fingerprint density at radius 3 is 2.67 bits per heavy atom. The Hall–Kier alpha value is -1.36. The number of aromatic nitrogens is 2. The van der Waals surface area contributed by atoms with Crippen LogP contribution in [0.5, 0.6) is 0 Å². The third-order valence-corrected chi connectivity index (χ3v) is 1.52. The summed E-state index contributed by atoms with van der Waals surface area (Å²) in [5.74, 6) is 6.27. The van der Waals surface area contributed by atoms with Gasteiger partial charge >= 0.3 is 0 Å². The van der Waals surface area contributed by atoms with Crippen LogP contribution in [0.25, 0.3) is 0 Å². The van der Waals surface area contributed by atoms with E-state index in [4.69, 9.17) is 11.6 Å². The van der Waals surface area contributed by atoms with E-state index in [0.717, 1.165) is 0 Å². The quantitative estimate of drug-likeness (QED) is 0.484. The van der Waals surface area contributed by atoms with Crippen LogP contribution in [0.4, 0.5) is 11.5 Å². The fourth-order valence-corrected chi connectivity index (χ4v) is 0.794. The highest BCUT2D eigenvalue weighted by Gasteiger charge is 2.09. The normalized spacial score (nSPS) is 10.3. The van der Waals surface area contributed by atoms with Gasteiger partial charge in [-0.3, -0.25) is 5.01 Å². The average molecular weight is 167 g/mol. The molecule has 0 aliphatic rings. The van der Waals surface area contributed by atoms with E-state index in [1.807, 2.05) is 13.8 Å². The summed E-state index contributed by atoms with van der Waals surface area (Å²) in [6.45, 7) is 3.92. The fraction of sp³-hybridized carbons (Fsp3) is 0.429. The molecule has 0 amide bonds. The van der Waals surface area contributed by atoms with Gasteiger partial charge in [-0.05, 0) is 13.8 Å². The lowest BCUT2D eigenvalue weighted by Gasteiger charge is -2.22. The molecule has 0 fully saturated rings. The standard InChI is InChI=1S/C7H13N5/c1-5(2)12(9)7-6(8)3-10-4-11-7/h3-5H,8-9H2,1-2H3. The Bertz CT molecular complexity index is 260. The van der Waals surface area contributed by atoms with Crippen molar-refractivity contribution in [2.75, 3.05) is 10.7 Å². The molecule has 1 aromatic heterocycles. The zero-order valence-corrected chi connectivity index (χ0v) is 7.23. The largest absolute Gasteiger partial charge is 0.394 e. The lowest BCUT2D eigenvalue weighted by atomic mass is 10.3. The summed E-state index contributed by atoms with van der Waals surface area (Å²) in [5.41, 5.74) is 6.11. The van der Waals surface area contributed by atoms with Crippen LogP contribution in [0.15, 0.2) is 12.5 Å². The topological polar surface area (TPSA) is 81.1 Å². The van der Waals surface area contributed by atoms with Gasteiger partial charge in [-0.2, -0.15) is 0 Å². The van der Waals surface area contributed by atoms with E-state index in [0.29, 0.717) is 11.5 Å². The van der Waals surface area contributed by atoms with Crippen molar-refractivity contribution in [1.82, 2.24) is 9.97 Å². The first-order chi connectivity index (χ1) is 5.63. The molecule has 0 spiro atoms. The zero-order valence-electron chi connectivity index (χ0n) is 7.23. The van der Waals surface area contributed by atoms with Gasteiger partial charge in [0.25, 0.3) is 0 Å². The lowest BCUT2D eigenvalue weighted by Crippen LogP contribution is -2.38. The Morgan fingerprint density at radius 1 is 1.50 bits per heavy atom. The second kappa shape index (κ2) is 3.36. The highest BCUT2D eigenvalue weighted by Crippen LogP contribution is 2.16. The van der Waals surface area contributed by atoms with Crippen LogP contribution in [-0.4, -0.2) is 16.0 Å². The minimum Gasteiger partial charge on any atom is -0.394 e. The molecule has 5 nitrogen and oxygen atoms in total. The molecule has 0 unspecified atom stereocenters. The van der Waals surface area contributed by atoms with Gasteiger partial charge in [0.05, 0.1) is 11.9 Å². The summed E-state index contributed by atoms with van der Waals surface area (Å²) in [4.78, 5) is 7.73. The van der Waals surface area contributed by atoms with Crippen molar-refractivity contribution in [3.63, 3.8) is 0 Å². The number of rotatable bonds is 2. The monoisotopic (exact) mass is 167 g/mol. The molecular weight excluding hydrogens is 154 g/mol. The molecule has 0 aliphatic heterocycles. The minimum atomic E-state index is 0.169. The highest BCUT2D eigenvalue weighted by molar-refractivity contribution is 5.60. The van der Waals surface area contributed by atoms with Gasteiger partial charge in [0.1, 0.15) is 6.33 Å². The van der Waals surface area contributed by atoms with Crippen molar-refractivity contribution in [1.29, 1.82) is 0 Å². The Morgan fingerprint density at radius 2 is 2.17 bits per heavy atom. The number of hydrazine groups is 1. The average Bonchev–Trinajstić information content (AvgIpc) is 2.04. The van der Waals surface area contributed by atoms with Crippen molar-refractivity contribution in [3.8, 4) is 0 Å². The molecule has 0 atom stereocenters. The number of anilines is 2. The third kappa shape index (κ3) is 1.62. The first-order valence-electron chi connectivity index (χ1n) is 3.72. The third-order valence-electron chi connectivity index (χ3n) is 1.52. The van der Waals surface area contributed by atoms with Gasteiger partial charge in [0, 0.05) is 6.04 Å². The molecule has 0 aliphatic carbocycles. The minimum absolute atomic E-state index is 0.169. The predicted molar refractivity (Wildman–Crippen MR) is 48.2 cm³/mol.